The number of aliphatic imine (C=N–C) groups is 1. The molecule has 0 unspecified atom stereocenters. The van der Waals surface area contributed by atoms with Crippen molar-refractivity contribution >= 4 is 29.9 Å². The Bertz CT molecular complexity index is 401. The van der Waals surface area contributed by atoms with Crippen LogP contribution in [0.3, 0.4) is 0 Å². The number of anilines is 1. The second-order valence-electron chi connectivity index (χ2n) is 3.99. The smallest absolute Gasteiger partial charge is 0.279 e. The van der Waals surface area contributed by atoms with Crippen molar-refractivity contribution in [3.63, 3.8) is 0 Å². The van der Waals surface area contributed by atoms with E-state index in [1.807, 2.05) is 38.9 Å². The van der Waals surface area contributed by atoms with Gasteiger partial charge in [-0.2, -0.15) is 0 Å². The third kappa shape index (κ3) is 7.29. The lowest BCUT2D eigenvalue weighted by Crippen LogP contribution is -2.13. The highest BCUT2D eigenvalue weighted by Gasteiger charge is 2.14. The van der Waals surface area contributed by atoms with Crippen LogP contribution >= 0.6 is 11.6 Å². The highest BCUT2D eigenvalue weighted by molar-refractivity contribution is 6.34. The van der Waals surface area contributed by atoms with Gasteiger partial charge in [-0.1, -0.05) is 58.2 Å². The molecule has 1 amide bonds. The minimum atomic E-state index is -0.403. The molecule has 0 N–H and O–H groups in total. The molecule has 3 nitrogen and oxygen atoms in total. The molecule has 0 bridgehead atoms. The maximum absolute atomic E-state index is 11.4. The quantitative estimate of drug-likeness (QED) is 0.729. The first-order chi connectivity index (χ1) is 9.49. The topological polar surface area (TPSA) is 32.7 Å². The third-order valence-electron chi connectivity index (χ3n) is 2.33. The van der Waals surface area contributed by atoms with E-state index in [1.54, 1.807) is 12.1 Å². The molecule has 0 aromatic heterocycles. The van der Waals surface area contributed by atoms with Gasteiger partial charge in [-0.25, -0.2) is 4.99 Å². The maximum Gasteiger partial charge on any atom is 0.279 e. The van der Waals surface area contributed by atoms with Gasteiger partial charge in [0.1, 0.15) is 0 Å². The normalized spacial score (nSPS) is 8.55. The minimum Gasteiger partial charge on any atom is -0.377 e. The van der Waals surface area contributed by atoms with Gasteiger partial charge in [-0.05, 0) is 18.9 Å². The zero-order chi connectivity index (χ0) is 16.1. The molecule has 0 atom stereocenters. The van der Waals surface area contributed by atoms with Gasteiger partial charge in [0.15, 0.2) is 0 Å². The highest BCUT2D eigenvalue weighted by Crippen LogP contribution is 2.26. The summed E-state index contributed by atoms with van der Waals surface area (Å²) in [5.74, 6) is -0.403. The summed E-state index contributed by atoms with van der Waals surface area (Å²) in [7, 11) is 3.68. The Morgan fingerprint density at radius 3 is 2.10 bits per heavy atom. The van der Waals surface area contributed by atoms with Gasteiger partial charge in [0, 0.05) is 14.1 Å². The van der Waals surface area contributed by atoms with E-state index in [2.05, 4.69) is 25.6 Å². The molecular weight excluding hydrogens is 272 g/mol. The molecule has 1 aromatic carbocycles. The fourth-order valence-electron chi connectivity index (χ4n) is 1.18. The molecule has 0 aliphatic rings. The Balaban J connectivity index is 0. The summed E-state index contributed by atoms with van der Waals surface area (Å²) < 4.78 is 0. The van der Waals surface area contributed by atoms with E-state index < -0.39 is 5.91 Å². The van der Waals surface area contributed by atoms with E-state index in [4.69, 9.17) is 11.6 Å². The van der Waals surface area contributed by atoms with Crippen LogP contribution in [0, 0.1) is 0 Å². The molecule has 4 heteroatoms. The number of unbranched alkanes of at least 4 members (excludes halogenated alkanes) is 1. The molecule has 0 spiro atoms. The lowest BCUT2D eigenvalue weighted by atomic mass is 10.1. The second kappa shape index (κ2) is 12.7. The van der Waals surface area contributed by atoms with Gasteiger partial charge in [0.25, 0.3) is 5.91 Å². The average molecular weight is 299 g/mol. The number of halogens is 1. The molecule has 20 heavy (non-hydrogen) atoms. The van der Waals surface area contributed by atoms with Gasteiger partial charge in [-0.3, -0.25) is 4.79 Å². The summed E-state index contributed by atoms with van der Waals surface area (Å²) in [4.78, 5) is 16.6. The molecule has 0 fully saturated rings. The Kier molecular flexibility index (Phi) is 13.3. The summed E-state index contributed by atoms with van der Waals surface area (Å²) in [6.45, 7) is 11.6. The number of carbonyl (C=O) groups is 1. The molecule has 114 valence electrons. The number of hydrogen-bond donors (Lipinski definition) is 0. The second-order valence-corrected chi connectivity index (χ2v) is 4.40. The van der Waals surface area contributed by atoms with Crippen molar-refractivity contribution < 1.29 is 4.79 Å². The van der Waals surface area contributed by atoms with Crippen molar-refractivity contribution in [2.75, 3.05) is 19.0 Å². The highest BCUT2D eigenvalue weighted by atomic mass is 35.5. The summed E-state index contributed by atoms with van der Waals surface area (Å²) in [5.41, 5.74) is 1.14. The summed E-state index contributed by atoms with van der Waals surface area (Å²) in [5, 5.41) is 0.397. The number of benzene rings is 1. The predicted molar refractivity (Wildman–Crippen MR) is 91.6 cm³/mol. The van der Waals surface area contributed by atoms with Crippen LogP contribution in [0.25, 0.3) is 0 Å². The first kappa shape index (κ1) is 21.0. The average Bonchev–Trinajstić information content (AvgIpc) is 2.48. The first-order valence-electron chi connectivity index (χ1n) is 6.96. The lowest BCUT2D eigenvalue weighted by Gasteiger charge is -2.16. The van der Waals surface area contributed by atoms with Crippen molar-refractivity contribution in [1.29, 1.82) is 0 Å². The number of amides is 1. The fraction of sp³-hybridized carbons (Fsp3) is 0.500. The monoisotopic (exact) mass is 298 g/mol. The van der Waals surface area contributed by atoms with E-state index in [9.17, 15) is 4.79 Å². The van der Waals surface area contributed by atoms with E-state index in [0.717, 1.165) is 5.69 Å². The third-order valence-corrected chi connectivity index (χ3v) is 2.65. The Morgan fingerprint density at radius 2 is 1.75 bits per heavy atom. The van der Waals surface area contributed by atoms with Gasteiger partial charge >= 0.3 is 0 Å². The fourth-order valence-corrected chi connectivity index (χ4v) is 1.43. The van der Waals surface area contributed by atoms with Crippen LogP contribution in [-0.4, -0.2) is 26.7 Å². The molecule has 1 rings (SSSR count). The Morgan fingerprint density at radius 1 is 1.25 bits per heavy atom. The predicted octanol–water partition coefficient (Wildman–Crippen LogP) is 5.08. The SMILES string of the molecule is C=NC(=O)c1c(Cl)cccc1N(C)C.CC.CCCC. The minimum absolute atomic E-state index is 0.397. The van der Waals surface area contributed by atoms with Crippen LogP contribution in [0.4, 0.5) is 5.69 Å². The Hall–Kier alpha value is -1.35. The molecule has 0 aliphatic heterocycles. The largest absolute Gasteiger partial charge is 0.377 e. The van der Waals surface area contributed by atoms with Crippen molar-refractivity contribution in [3.8, 4) is 0 Å². The van der Waals surface area contributed by atoms with Crippen molar-refractivity contribution in [2.45, 2.75) is 40.5 Å². The van der Waals surface area contributed by atoms with E-state index >= 15 is 0 Å². The Labute approximate surface area is 128 Å². The van der Waals surface area contributed by atoms with Crippen LogP contribution in [0.5, 0.6) is 0 Å². The molecule has 0 saturated heterocycles. The zero-order valence-electron chi connectivity index (χ0n) is 13.5. The van der Waals surface area contributed by atoms with E-state index in [1.165, 1.54) is 12.8 Å². The number of rotatable bonds is 3. The van der Waals surface area contributed by atoms with E-state index in [-0.39, 0.29) is 0 Å². The summed E-state index contributed by atoms with van der Waals surface area (Å²) in [6, 6.07) is 5.26. The van der Waals surface area contributed by atoms with Crippen LogP contribution in [0.1, 0.15) is 50.9 Å². The lowest BCUT2D eigenvalue weighted by molar-refractivity contribution is 0.100. The molecule has 0 radical (unpaired) electrons. The van der Waals surface area contributed by atoms with Crippen LogP contribution in [0.15, 0.2) is 23.2 Å². The van der Waals surface area contributed by atoms with Crippen molar-refractivity contribution in [3.05, 3.63) is 28.8 Å². The molecule has 1 aromatic rings. The molecule has 0 aliphatic carbocycles. The number of hydrogen-bond acceptors (Lipinski definition) is 2. The maximum atomic E-state index is 11.4. The van der Waals surface area contributed by atoms with Crippen molar-refractivity contribution in [1.82, 2.24) is 0 Å². The molecule has 0 saturated carbocycles. The zero-order valence-corrected chi connectivity index (χ0v) is 14.3. The van der Waals surface area contributed by atoms with Gasteiger partial charge in [-0.15, -0.1) is 0 Å². The van der Waals surface area contributed by atoms with Crippen LogP contribution in [-0.2, 0) is 0 Å². The standard InChI is InChI=1S/C10H11ClN2O.C4H10.C2H6/c1-12-10(14)9-7(11)5-4-6-8(9)13(2)3;1-3-4-2;1-2/h4-6H,1H2,2-3H3;3-4H2,1-2H3;1-2H3. The number of carbonyl (C=O) groups excluding carboxylic acids is 1. The van der Waals surface area contributed by atoms with Gasteiger partial charge in [0.2, 0.25) is 0 Å². The summed E-state index contributed by atoms with van der Waals surface area (Å²) in [6.07, 6.45) is 2.64. The van der Waals surface area contributed by atoms with Gasteiger partial charge < -0.3 is 4.90 Å². The molecule has 0 heterocycles. The summed E-state index contributed by atoms with van der Waals surface area (Å²) >= 11 is 5.91. The number of nitrogens with zero attached hydrogens (tertiary/aromatic N) is 2. The van der Waals surface area contributed by atoms with Crippen molar-refractivity contribution in [2.24, 2.45) is 4.99 Å². The molecular formula is C16H27ClN2O. The van der Waals surface area contributed by atoms with Gasteiger partial charge in [0.05, 0.1) is 16.3 Å². The first-order valence-corrected chi connectivity index (χ1v) is 7.34. The van der Waals surface area contributed by atoms with E-state index in [0.29, 0.717) is 10.6 Å². The van der Waals surface area contributed by atoms with Crippen LogP contribution < -0.4 is 4.90 Å². The van der Waals surface area contributed by atoms with Crippen LogP contribution in [0.2, 0.25) is 5.02 Å².